The highest BCUT2D eigenvalue weighted by atomic mass is 35.5. The van der Waals surface area contributed by atoms with Crippen LogP contribution in [0.1, 0.15) is 52.4 Å². The summed E-state index contributed by atoms with van der Waals surface area (Å²) in [5.74, 6) is 1.63. The number of allylic oxidation sites excluding steroid dienone is 2. The maximum Gasteiger partial charge on any atom is 0.190 e. The second-order valence-electron chi connectivity index (χ2n) is 8.38. The van der Waals surface area contributed by atoms with Crippen LogP contribution in [0.15, 0.2) is 18.3 Å². The normalized spacial score (nSPS) is 27.4. The highest BCUT2D eigenvalue weighted by Crippen LogP contribution is 2.49. The van der Waals surface area contributed by atoms with Crippen molar-refractivity contribution in [2.24, 2.45) is 0 Å². The molecule has 0 aliphatic carbocycles. The van der Waals surface area contributed by atoms with Gasteiger partial charge >= 0.3 is 0 Å². The summed E-state index contributed by atoms with van der Waals surface area (Å²) >= 11 is 11.7. The van der Waals surface area contributed by atoms with Gasteiger partial charge in [0.2, 0.25) is 0 Å². The Morgan fingerprint density at radius 1 is 0.719 bits per heavy atom. The number of halogens is 2. The molecule has 2 atom stereocenters. The Kier molecular flexibility index (Phi) is 14.2. The van der Waals surface area contributed by atoms with Crippen molar-refractivity contribution in [2.45, 2.75) is 61.8 Å². The molecule has 0 amide bonds. The molecule has 0 aromatic carbocycles. The van der Waals surface area contributed by atoms with E-state index in [4.69, 9.17) is 0 Å². The van der Waals surface area contributed by atoms with Crippen LogP contribution < -0.4 is 34.6 Å². The molecule has 0 spiro atoms. The Bertz CT molecular complexity index is 640. The zero-order valence-electron chi connectivity index (χ0n) is 18.8. The van der Waals surface area contributed by atoms with Gasteiger partial charge in [-0.1, -0.05) is 23.5 Å². The minimum absolute atomic E-state index is 0. The lowest BCUT2D eigenvalue weighted by molar-refractivity contribution is -0.901. The highest BCUT2D eigenvalue weighted by Gasteiger charge is 2.35. The van der Waals surface area contributed by atoms with Gasteiger partial charge in [0.05, 0.1) is 46.2 Å². The summed E-state index contributed by atoms with van der Waals surface area (Å²) in [6, 6.07) is 0. The molecule has 4 aliphatic rings. The van der Waals surface area contributed by atoms with Crippen LogP contribution in [0.2, 0.25) is 0 Å². The molecule has 32 heavy (non-hydrogen) atoms. The molecule has 3 nitrogen and oxygen atoms in total. The van der Waals surface area contributed by atoms with Crippen molar-refractivity contribution in [2.75, 3.05) is 37.7 Å². The summed E-state index contributed by atoms with van der Waals surface area (Å²) in [5, 5.41) is 0. The van der Waals surface area contributed by atoms with Crippen LogP contribution >= 0.6 is 70.6 Å². The van der Waals surface area contributed by atoms with E-state index in [0.29, 0.717) is 26.7 Å². The first-order valence-electron chi connectivity index (χ1n) is 11.1. The van der Waals surface area contributed by atoms with Crippen molar-refractivity contribution < 1.29 is 39.4 Å². The van der Waals surface area contributed by atoms with Crippen LogP contribution in [0.4, 0.5) is 0 Å². The quantitative estimate of drug-likeness (QED) is 0.339. The topological polar surface area (TPSA) is 26.0 Å². The molecule has 4 rings (SSSR count). The largest absolute Gasteiger partial charge is 1.00 e. The van der Waals surface area contributed by atoms with Crippen molar-refractivity contribution >= 4 is 76.4 Å². The van der Waals surface area contributed by atoms with Crippen molar-refractivity contribution in [1.29, 1.82) is 0 Å². The molecule has 4 heterocycles. The Labute approximate surface area is 231 Å². The van der Waals surface area contributed by atoms with Gasteiger partial charge in [0.15, 0.2) is 15.2 Å². The second-order valence-corrected chi connectivity index (χ2v) is 16.3. The third-order valence-electron chi connectivity index (χ3n) is 5.96. The number of carbonyl (C=O) groups excluding carboxylic acids is 1. The molecule has 2 saturated heterocycles. The predicted molar refractivity (Wildman–Crippen MR) is 142 cm³/mol. The van der Waals surface area contributed by atoms with E-state index < -0.39 is 0 Å². The Balaban J connectivity index is 0.00000181. The number of likely N-dealkylation sites (tertiary alicyclic amines) is 2. The number of quaternary nitrogens is 2. The summed E-state index contributed by atoms with van der Waals surface area (Å²) < 4.78 is 4.03. The number of rotatable bonds is 8. The van der Waals surface area contributed by atoms with Gasteiger partial charge in [0.25, 0.3) is 0 Å². The molecule has 11 heteroatoms. The molecule has 0 aromatic rings. The van der Waals surface area contributed by atoms with Gasteiger partial charge < -0.3 is 34.6 Å². The number of hydrogen-bond donors (Lipinski definition) is 2. The molecule has 0 radical (unpaired) electrons. The second kappa shape index (κ2) is 15.1. The maximum absolute atomic E-state index is 12.6. The average molecular weight is 594 g/mol. The standard InChI is InChI=1S/C21H32N2OS6.2ClH/c1-15-18(29-20(27-15)22-9-5-3-6-10-22)25-13-17(24)14-26-19-16(2)28-21(30-19)23-11-7-4-8-12-23;;/h20-21H,3-14H2,1-2H3;2*1H. The zero-order chi connectivity index (χ0) is 20.9. The van der Waals surface area contributed by atoms with Crippen LogP contribution in [0, 0.1) is 0 Å². The van der Waals surface area contributed by atoms with Crippen molar-refractivity contribution in [3.63, 3.8) is 0 Å². The first-order chi connectivity index (χ1) is 14.6. The summed E-state index contributed by atoms with van der Waals surface area (Å²) in [6.45, 7) is 9.75. The molecule has 2 unspecified atom stereocenters. The zero-order valence-corrected chi connectivity index (χ0v) is 25.2. The number of carbonyl (C=O) groups is 1. The van der Waals surface area contributed by atoms with E-state index >= 15 is 0 Å². The summed E-state index contributed by atoms with van der Waals surface area (Å²) in [4.78, 5) is 19.0. The number of piperidine rings is 2. The lowest BCUT2D eigenvalue weighted by Crippen LogP contribution is -3.15. The smallest absolute Gasteiger partial charge is 0.190 e. The molecule has 2 fully saturated rings. The Morgan fingerprint density at radius 2 is 1.09 bits per heavy atom. The molecule has 0 bridgehead atoms. The van der Waals surface area contributed by atoms with E-state index in [-0.39, 0.29) is 24.8 Å². The molecule has 0 saturated carbocycles. The summed E-state index contributed by atoms with van der Waals surface area (Å²) in [6.07, 6.45) is 8.29. The van der Waals surface area contributed by atoms with Gasteiger partial charge in [0.1, 0.15) is 0 Å². The van der Waals surface area contributed by atoms with Crippen LogP contribution in [-0.2, 0) is 4.79 Å². The number of thioether (sulfide) groups is 6. The van der Waals surface area contributed by atoms with E-state index in [1.54, 1.807) is 33.3 Å². The average Bonchev–Trinajstić information content (AvgIpc) is 3.34. The monoisotopic (exact) mass is 592 g/mol. The van der Waals surface area contributed by atoms with Crippen molar-refractivity contribution in [3.8, 4) is 0 Å². The van der Waals surface area contributed by atoms with Crippen molar-refractivity contribution in [3.05, 3.63) is 18.3 Å². The first-order valence-corrected chi connectivity index (χ1v) is 16.6. The third kappa shape index (κ3) is 8.41. The van der Waals surface area contributed by atoms with Crippen LogP contribution in [0.3, 0.4) is 0 Å². The lowest BCUT2D eigenvalue weighted by Gasteiger charge is -2.27. The molecule has 2 N–H and O–H groups in total. The summed E-state index contributed by atoms with van der Waals surface area (Å²) in [7, 11) is 0. The lowest BCUT2D eigenvalue weighted by atomic mass is 10.1. The van der Waals surface area contributed by atoms with E-state index in [0.717, 1.165) is 0 Å². The molecule has 4 aliphatic heterocycles. The Hall–Kier alpha value is 1.75. The minimum Gasteiger partial charge on any atom is -1.00 e. The van der Waals surface area contributed by atoms with E-state index in [9.17, 15) is 4.79 Å². The molecule has 0 aromatic heterocycles. The first kappa shape index (κ1) is 30.0. The van der Waals surface area contributed by atoms with Gasteiger partial charge in [-0.15, -0.1) is 23.5 Å². The van der Waals surface area contributed by atoms with E-state index in [1.807, 2.05) is 47.0 Å². The van der Waals surface area contributed by atoms with Gasteiger partial charge in [-0.2, -0.15) is 0 Å². The van der Waals surface area contributed by atoms with Gasteiger partial charge in [-0.25, -0.2) is 0 Å². The number of ketones is 1. The van der Waals surface area contributed by atoms with Crippen LogP contribution in [-0.4, -0.2) is 52.9 Å². The SMILES string of the molecule is CC1=C(SCC(=O)CSC2=C(C)SC([NH+]3CCCCC3)S2)SC([NH+]2CCCCC2)S1.[Cl-].[Cl-]. The van der Waals surface area contributed by atoms with Crippen LogP contribution in [0.5, 0.6) is 0 Å². The fraction of sp³-hybridized carbons (Fsp3) is 0.762. The van der Waals surface area contributed by atoms with Gasteiger partial charge in [-0.05, 0) is 75.9 Å². The third-order valence-corrected chi connectivity index (χ3v) is 15.3. The van der Waals surface area contributed by atoms with Gasteiger partial charge in [-0.3, -0.25) is 4.79 Å². The van der Waals surface area contributed by atoms with E-state index in [1.165, 1.54) is 83.0 Å². The number of hydrogen-bond acceptors (Lipinski definition) is 7. The minimum atomic E-state index is 0. The predicted octanol–water partition coefficient (Wildman–Crippen LogP) is -1.93. The molecule has 184 valence electrons. The van der Waals surface area contributed by atoms with E-state index in [2.05, 4.69) is 13.8 Å². The number of nitrogens with one attached hydrogen (secondary N) is 2. The Morgan fingerprint density at radius 3 is 1.47 bits per heavy atom. The fourth-order valence-electron chi connectivity index (χ4n) is 4.25. The van der Waals surface area contributed by atoms with Gasteiger partial charge in [0, 0.05) is 9.81 Å². The molecular formula is C21H34Cl2N2OS6. The van der Waals surface area contributed by atoms with Crippen molar-refractivity contribution in [1.82, 2.24) is 0 Å². The maximum atomic E-state index is 12.6. The molecular weight excluding hydrogens is 560 g/mol. The highest BCUT2D eigenvalue weighted by molar-refractivity contribution is 8.32. The number of Topliss-reactive ketones (excluding diaryl/α,β-unsaturated/α-hetero) is 1. The summed E-state index contributed by atoms with van der Waals surface area (Å²) in [5.41, 5.74) is 0. The van der Waals surface area contributed by atoms with Crippen LogP contribution in [0.25, 0.3) is 0 Å². The fourth-order valence-corrected chi connectivity index (χ4v) is 13.6.